The van der Waals surface area contributed by atoms with Gasteiger partial charge in [0.05, 0.1) is 33.3 Å². The van der Waals surface area contributed by atoms with E-state index in [2.05, 4.69) is 10.5 Å². The molecule has 34 heavy (non-hydrogen) atoms. The molecule has 1 aromatic carbocycles. The van der Waals surface area contributed by atoms with Gasteiger partial charge >= 0.3 is 11.9 Å². The lowest BCUT2D eigenvalue weighted by atomic mass is 10.1. The summed E-state index contributed by atoms with van der Waals surface area (Å²) in [7, 11) is 3.03. The number of amides is 1. The first-order chi connectivity index (χ1) is 16.5. The number of esters is 1. The highest BCUT2D eigenvalue weighted by atomic mass is 16.5. The fraction of sp³-hybridized carbons (Fsp3) is 0.240. The van der Waals surface area contributed by atoms with Gasteiger partial charge in [-0.1, -0.05) is 18.2 Å². The minimum absolute atomic E-state index is 0.00941. The van der Waals surface area contributed by atoms with Crippen LogP contribution in [0.15, 0.2) is 64.3 Å². The molecule has 1 amide bonds. The number of methoxy groups -OCH3 is 2. The Balaban J connectivity index is 1.87. The Kier molecular flexibility index (Phi) is 8.28. The molecule has 0 aliphatic carbocycles. The Morgan fingerprint density at radius 1 is 1.09 bits per heavy atom. The fourth-order valence-corrected chi connectivity index (χ4v) is 3.36. The summed E-state index contributed by atoms with van der Waals surface area (Å²) in [4.78, 5) is 24.7. The Morgan fingerprint density at radius 2 is 1.82 bits per heavy atom. The summed E-state index contributed by atoms with van der Waals surface area (Å²) in [5, 5.41) is 5.01. The van der Waals surface area contributed by atoms with Gasteiger partial charge in [0.1, 0.15) is 18.0 Å². The number of hydrazone groups is 1. The van der Waals surface area contributed by atoms with Crippen LogP contribution >= 0.6 is 0 Å². The average molecular weight is 466 g/mol. The van der Waals surface area contributed by atoms with Gasteiger partial charge in [-0.25, -0.2) is 5.43 Å². The highest BCUT2D eigenvalue weighted by Crippen LogP contribution is 2.24. The van der Waals surface area contributed by atoms with Crippen molar-refractivity contribution < 1.29 is 28.2 Å². The van der Waals surface area contributed by atoms with E-state index >= 15 is 0 Å². The van der Waals surface area contributed by atoms with Crippen molar-refractivity contribution in [1.82, 2.24) is 9.99 Å². The smallest absolute Gasteiger partial charge is 0.325 e. The molecule has 0 aliphatic rings. The van der Waals surface area contributed by atoms with E-state index in [1.165, 1.54) is 26.5 Å². The van der Waals surface area contributed by atoms with E-state index in [9.17, 15) is 9.59 Å². The highest BCUT2D eigenvalue weighted by Gasteiger charge is 2.15. The molecule has 0 bridgehead atoms. The number of ether oxygens (including phenoxy) is 3. The van der Waals surface area contributed by atoms with Gasteiger partial charge in [-0.15, -0.1) is 0 Å². The largest absolute Gasteiger partial charge is 0.497 e. The zero-order chi connectivity index (χ0) is 24.5. The van der Waals surface area contributed by atoms with Gasteiger partial charge in [-0.05, 0) is 32.0 Å². The summed E-state index contributed by atoms with van der Waals surface area (Å²) in [6.07, 6.45) is 2.88. The van der Waals surface area contributed by atoms with Gasteiger partial charge < -0.3 is 23.2 Å². The van der Waals surface area contributed by atoms with Crippen LogP contribution in [0.3, 0.4) is 0 Å². The van der Waals surface area contributed by atoms with Gasteiger partial charge in [-0.3, -0.25) is 9.59 Å². The van der Waals surface area contributed by atoms with Crippen molar-refractivity contribution in [3.8, 4) is 11.5 Å². The van der Waals surface area contributed by atoms with Crippen molar-refractivity contribution in [3.05, 3.63) is 71.8 Å². The van der Waals surface area contributed by atoms with Crippen LogP contribution in [-0.2, 0) is 16.1 Å². The number of aromatic nitrogens is 1. The number of hydrogen-bond acceptors (Lipinski definition) is 7. The van der Waals surface area contributed by atoms with Crippen molar-refractivity contribution in [3.63, 3.8) is 0 Å². The lowest BCUT2D eigenvalue weighted by molar-refractivity contribution is -0.143. The van der Waals surface area contributed by atoms with Gasteiger partial charge in [-0.2, -0.15) is 5.10 Å². The van der Waals surface area contributed by atoms with Crippen molar-refractivity contribution in [2.24, 2.45) is 5.10 Å². The molecule has 3 aromatic rings. The Bertz CT molecular complexity index is 1260. The number of para-hydroxylation sites is 1. The van der Waals surface area contributed by atoms with Crippen LogP contribution in [0, 0.1) is 6.92 Å². The summed E-state index contributed by atoms with van der Waals surface area (Å²) in [5.74, 6) is 0.105. The van der Waals surface area contributed by atoms with E-state index in [0.29, 0.717) is 18.1 Å². The maximum atomic E-state index is 12.6. The first-order valence-corrected chi connectivity index (χ1v) is 10.6. The molecule has 0 atom stereocenters. The number of hydrogen-bond donors (Lipinski definition) is 1. The minimum atomic E-state index is -0.554. The van der Waals surface area contributed by atoms with E-state index in [1.54, 1.807) is 31.3 Å². The Hall–Kier alpha value is -4.27. The second-order valence-electron chi connectivity index (χ2n) is 7.08. The average Bonchev–Trinajstić information content (AvgIpc) is 3.15. The molecule has 0 aliphatic heterocycles. The van der Waals surface area contributed by atoms with Crippen molar-refractivity contribution in [1.29, 1.82) is 0 Å². The van der Waals surface area contributed by atoms with Gasteiger partial charge in [0.15, 0.2) is 5.76 Å². The number of carbonyl (C=O) groups is 2. The van der Waals surface area contributed by atoms with Gasteiger partial charge in [0, 0.05) is 34.3 Å². The summed E-state index contributed by atoms with van der Waals surface area (Å²) in [6.45, 7) is 4.05. The Morgan fingerprint density at radius 3 is 2.56 bits per heavy atom. The molecule has 3 rings (SSSR count). The fourth-order valence-electron chi connectivity index (χ4n) is 3.36. The molecule has 0 saturated carbocycles. The second kappa shape index (κ2) is 11.6. The second-order valence-corrected chi connectivity index (χ2v) is 7.08. The normalized spacial score (nSPS) is 10.7. The predicted molar refractivity (Wildman–Crippen MR) is 128 cm³/mol. The molecule has 0 fully saturated rings. The quantitative estimate of drug-likeness (QED) is 0.306. The van der Waals surface area contributed by atoms with Crippen LogP contribution in [0.1, 0.15) is 28.7 Å². The van der Waals surface area contributed by atoms with E-state index in [4.69, 9.17) is 18.6 Å². The molecule has 178 valence electrons. The number of nitrogens with one attached hydrogen (secondary N) is 1. The van der Waals surface area contributed by atoms with Crippen molar-refractivity contribution >= 4 is 29.0 Å². The predicted octanol–water partition coefficient (Wildman–Crippen LogP) is 4.01. The maximum Gasteiger partial charge on any atom is 0.325 e. The molecular weight excluding hydrogens is 438 g/mol. The SMILES string of the molecule is CCOC(=O)Cn1c(C)c(/C=N/NC(=O)c2ccc(OC)cc(OC)cco2)c2ccccc21. The number of fused-ring (bicyclic) bond motifs is 1. The molecule has 0 spiro atoms. The molecular formula is C25H27N3O6. The number of nitrogens with zero attached hydrogens (tertiary/aromatic N) is 2. The number of carbonyl (C=O) groups excluding carboxylic acids is 2. The summed E-state index contributed by atoms with van der Waals surface area (Å²) in [6, 6.07) is 13.9. The Labute approximate surface area is 197 Å². The van der Waals surface area contributed by atoms with Crippen LogP contribution in [0.25, 0.3) is 10.9 Å². The molecule has 2 heterocycles. The van der Waals surface area contributed by atoms with E-state index in [1.807, 2.05) is 35.8 Å². The highest BCUT2D eigenvalue weighted by molar-refractivity contribution is 6.02. The van der Waals surface area contributed by atoms with E-state index < -0.39 is 5.91 Å². The maximum absolute atomic E-state index is 12.6. The van der Waals surface area contributed by atoms with Crippen molar-refractivity contribution in [2.75, 3.05) is 20.8 Å². The standard InChI is InChI=1S/C25H27N3O6/c1-5-33-24(29)16-28-17(2)21(20-8-6-7-9-22(20)28)15-26-27-25(30)23-11-10-18(31-3)14-19(32-4)12-13-34-23/h6-15H,5,16H2,1-4H3,(H,27,30)/b13-12?,18-10?,19-14?,23-11?,26-15+. The number of rotatable bonds is 8. The summed E-state index contributed by atoms with van der Waals surface area (Å²) >= 11 is 0. The number of benzene rings is 1. The van der Waals surface area contributed by atoms with Crippen LogP contribution in [0.4, 0.5) is 0 Å². The molecule has 0 radical (unpaired) electrons. The lowest BCUT2D eigenvalue weighted by Gasteiger charge is -2.07. The van der Waals surface area contributed by atoms with Crippen LogP contribution in [0.2, 0.25) is 0 Å². The monoisotopic (exact) mass is 465 g/mol. The van der Waals surface area contributed by atoms with E-state index in [0.717, 1.165) is 22.2 Å². The third-order valence-electron chi connectivity index (χ3n) is 5.04. The summed E-state index contributed by atoms with van der Waals surface area (Å²) in [5.41, 5.74) is 4.94. The molecule has 2 aromatic heterocycles. The molecule has 0 saturated heterocycles. The van der Waals surface area contributed by atoms with Gasteiger partial charge in [0.2, 0.25) is 0 Å². The third kappa shape index (κ3) is 5.74. The molecule has 9 heteroatoms. The minimum Gasteiger partial charge on any atom is -0.497 e. The molecule has 0 unspecified atom stereocenters. The molecule has 9 nitrogen and oxygen atoms in total. The molecule has 1 N–H and O–H groups in total. The zero-order valence-electron chi connectivity index (χ0n) is 19.5. The first kappa shape index (κ1) is 24.4. The van der Waals surface area contributed by atoms with Crippen LogP contribution in [0.5, 0.6) is 11.5 Å². The third-order valence-corrected chi connectivity index (χ3v) is 5.04. The van der Waals surface area contributed by atoms with E-state index in [-0.39, 0.29) is 18.3 Å². The van der Waals surface area contributed by atoms with Crippen LogP contribution < -0.4 is 14.9 Å². The topological polar surface area (TPSA) is 104 Å². The van der Waals surface area contributed by atoms with Crippen LogP contribution in [-0.4, -0.2) is 43.5 Å². The summed E-state index contributed by atoms with van der Waals surface area (Å²) < 4.78 is 22.9. The lowest BCUT2D eigenvalue weighted by Crippen LogP contribution is -2.17. The zero-order valence-corrected chi connectivity index (χ0v) is 19.5. The van der Waals surface area contributed by atoms with Gasteiger partial charge in [0.25, 0.3) is 0 Å². The van der Waals surface area contributed by atoms with Crippen molar-refractivity contribution in [2.45, 2.75) is 20.4 Å². The first-order valence-electron chi connectivity index (χ1n) is 10.6.